The SMILES string of the molecule is CSC1CCC(NC(=O)C(C)N)CC1. The molecule has 0 aliphatic heterocycles. The summed E-state index contributed by atoms with van der Waals surface area (Å²) in [5.41, 5.74) is 5.49. The molecule has 0 bridgehead atoms. The number of hydrogen-bond acceptors (Lipinski definition) is 3. The van der Waals surface area contributed by atoms with Crippen molar-refractivity contribution in [3.63, 3.8) is 0 Å². The van der Waals surface area contributed by atoms with Crippen molar-refractivity contribution in [1.29, 1.82) is 0 Å². The van der Waals surface area contributed by atoms with Crippen LogP contribution in [0.3, 0.4) is 0 Å². The monoisotopic (exact) mass is 216 g/mol. The van der Waals surface area contributed by atoms with Crippen LogP contribution in [0.1, 0.15) is 32.6 Å². The van der Waals surface area contributed by atoms with E-state index in [0.717, 1.165) is 18.1 Å². The molecule has 0 radical (unpaired) electrons. The quantitative estimate of drug-likeness (QED) is 0.743. The van der Waals surface area contributed by atoms with Crippen LogP contribution >= 0.6 is 11.8 Å². The van der Waals surface area contributed by atoms with Crippen LogP contribution in [0, 0.1) is 0 Å². The fourth-order valence-electron chi connectivity index (χ4n) is 1.78. The summed E-state index contributed by atoms with van der Waals surface area (Å²) in [4.78, 5) is 11.3. The number of hydrogen-bond donors (Lipinski definition) is 2. The maximum Gasteiger partial charge on any atom is 0.236 e. The van der Waals surface area contributed by atoms with Crippen molar-refractivity contribution in [3.8, 4) is 0 Å². The van der Waals surface area contributed by atoms with E-state index in [2.05, 4.69) is 11.6 Å². The Kier molecular flexibility index (Phi) is 4.75. The van der Waals surface area contributed by atoms with Gasteiger partial charge in [-0.1, -0.05) is 0 Å². The Hall–Kier alpha value is -0.220. The number of thioether (sulfide) groups is 1. The minimum atomic E-state index is -0.381. The van der Waals surface area contributed by atoms with Gasteiger partial charge in [0.1, 0.15) is 0 Å². The van der Waals surface area contributed by atoms with Gasteiger partial charge in [0.15, 0.2) is 0 Å². The van der Waals surface area contributed by atoms with Crippen LogP contribution in [0.25, 0.3) is 0 Å². The summed E-state index contributed by atoms with van der Waals surface area (Å²) in [7, 11) is 0. The predicted molar refractivity (Wildman–Crippen MR) is 61.4 cm³/mol. The van der Waals surface area contributed by atoms with Crippen LogP contribution in [0.4, 0.5) is 0 Å². The Balaban J connectivity index is 2.25. The third-order valence-corrected chi connectivity index (χ3v) is 3.91. The summed E-state index contributed by atoms with van der Waals surface area (Å²) in [6.07, 6.45) is 6.79. The number of carbonyl (C=O) groups is 1. The Morgan fingerprint density at radius 1 is 1.43 bits per heavy atom. The Bertz CT molecular complexity index is 189. The van der Waals surface area contributed by atoms with Gasteiger partial charge < -0.3 is 11.1 Å². The highest BCUT2D eigenvalue weighted by Crippen LogP contribution is 2.26. The van der Waals surface area contributed by atoms with Crippen molar-refractivity contribution in [1.82, 2.24) is 5.32 Å². The molecule has 0 heterocycles. The number of rotatable bonds is 3. The van der Waals surface area contributed by atoms with E-state index < -0.39 is 0 Å². The van der Waals surface area contributed by atoms with Crippen LogP contribution in [-0.2, 0) is 4.79 Å². The summed E-state index contributed by atoms with van der Waals surface area (Å²) in [5, 5.41) is 3.78. The molecule has 1 aliphatic carbocycles. The van der Waals surface area contributed by atoms with E-state index in [0.29, 0.717) is 6.04 Å². The van der Waals surface area contributed by atoms with Gasteiger partial charge in [-0.3, -0.25) is 4.79 Å². The van der Waals surface area contributed by atoms with Gasteiger partial charge in [-0.2, -0.15) is 11.8 Å². The zero-order chi connectivity index (χ0) is 10.6. The first-order valence-electron chi connectivity index (χ1n) is 5.22. The average molecular weight is 216 g/mol. The first-order valence-corrected chi connectivity index (χ1v) is 6.51. The molecule has 0 aromatic heterocycles. The van der Waals surface area contributed by atoms with Crippen molar-refractivity contribution in [2.24, 2.45) is 5.73 Å². The molecule has 1 atom stereocenters. The van der Waals surface area contributed by atoms with Crippen LogP contribution in [0.5, 0.6) is 0 Å². The molecule has 3 nitrogen and oxygen atoms in total. The summed E-state index contributed by atoms with van der Waals surface area (Å²) >= 11 is 1.94. The molecule has 0 aromatic carbocycles. The average Bonchev–Trinajstić information content (AvgIpc) is 2.19. The molecule has 0 aromatic rings. The minimum absolute atomic E-state index is 0.0161. The van der Waals surface area contributed by atoms with Gasteiger partial charge in [-0.15, -0.1) is 0 Å². The lowest BCUT2D eigenvalue weighted by atomic mass is 9.95. The molecular formula is C10H20N2OS. The van der Waals surface area contributed by atoms with Gasteiger partial charge in [0, 0.05) is 11.3 Å². The summed E-state index contributed by atoms with van der Waals surface area (Å²) in [6.45, 7) is 1.73. The third-order valence-electron chi connectivity index (χ3n) is 2.77. The Morgan fingerprint density at radius 2 is 2.00 bits per heavy atom. The minimum Gasteiger partial charge on any atom is -0.352 e. The van der Waals surface area contributed by atoms with Crippen molar-refractivity contribution < 1.29 is 4.79 Å². The van der Waals surface area contributed by atoms with E-state index >= 15 is 0 Å². The molecule has 82 valence electrons. The maximum atomic E-state index is 11.3. The number of nitrogens with one attached hydrogen (secondary N) is 1. The predicted octanol–water partition coefficient (Wildman–Crippen LogP) is 1.12. The second kappa shape index (κ2) is 5.61. The van der Waals surface area contributed by atoms with Crippen LogP contribution in [0.15, 0.2) is 0 Å². The summed E-state index contributed by atoms with van der Waals surface area (Å²) in [6, 6.07) is -0.0230. The highest BCUT2D eigenvalue weighted by Gasteiger charge is 2.22. The lowest BCUT2D eigenvalue weighted by Gasteiger charge is -2.28. The van der Waals surface area contributed by atoms with Gasteiger partial charge in [0.25, 0.3) is 0 Å². The second-order valence-corrected chi connectivity index (χ2v) is 5.14. The molecule has 1 rings (SSSR count). The number of nitrogens with two attached hydrogens (primary N) is 1. The zero-order valence-electron chi connectivity index (χ0n) is 8.95. The standard InChI is InChI=1S/C10H20N2OS/c1-7(11)10(13)12-8-3-5-9(14-2)6-4-8/h7-9H,3-6,11H2,1-2H3,(H,12,13). The first kappa shape index (κ1) is 11.9. The molecule has 14 heavy (non-hydrogen) atoms. The van der Waals surface area contributed by atoms with Gasteiger partial charge in [0.2, 0.25) is 5.91 Å². The smallest absolute Gasteiger partial charge is 0.236 e. The van der Waals surface area contributed by atoms with Crippen molar-refractivity contribution in [2.45, 2.75) is 49.9 Å². The van der Waals surface area contributed by atoms with E-state index in [4.69, 9.17) is 5.73 Å². The second-order valence-electron chi connectivity index (χ2n) is 4.01. The van der Waals surface area contributed by atoms with Crippen LogP contribution in [-0.4, -0.2) is 29.5 Å². The molecule has 1 saturated carbocycles. The van der Waals surface area contributed by atoms with E-state index in [1.54, 1.807) is 6.92 Å². The normalized spacial score (nSPS) is 29.6. The molecule has 1 unspecified atom stereocenters. The Labute approximate surface area is 90.2 Å². The molecule has 3 N–H and O–H groups in total. The summed E-state index contributed by atoms with van der Waals surface area (Å²) < 4.78 is 0. The fraction of sp³-hybridized carbons (Fsp3) is 0.900. The van der Waals surface area contributed by atoms with E-state index in [9.17, 15) is 4.79 Å². The van der Waals surface area contributed by atoms with Crippen molar-refractivity contribution in [3.05, 3.63) is 0 Å². The number of carbonyl (C=O) groups excluding carboxylic acids is 1. The molecule has 1 aliphatic rings. The lowest BCUT2D eigenvalue weighted by Crippen LogP contribution is -2.45. The molecule has 1 fully saturated rings. The highest BCUT2D eigenvalue weighted by molar-refractivity contribution is 7.99. The molecule has 0 spiro atoms. The van der Waals surface area contributed by atoms with E-state index in [1.807, 2.05) is 11.8 Å². The van der Waals surface area contributed by atoms with Crippen molar-refractivity contribution >= 4 is 17.7 Å². The van der Waals surface area contributed by atoms with Gasteiger partial charge in [0.05, 0.1) is 6.04 Å². The maximum absolute atomic E-state index is 11.3. The third kappa shape index (κ3) is 3.50. The fourth-order valence-corrected chi connectivity index (χ4v) is 2.52. The van der Waals surface area contributed by atoms with Crippen molar-refractivity contribution in [2.75, 3.05) is 6.26 Å². The van der Waals surface area contributed by atoms with Gasteiger partial charge >= 0.3 is 0 Å². The first-order chi connectivity index (χ1) is 6.63. The van der Waals surface area contributed by atoms with Gasteiger partial charge in [-0.25, -0.2) is 0 Å². The lowest BCUT2D eigenvalue weighted by molar-refractivity contribution is -0.122. The molecular weight excluding hydrogens is 196 g/mol. The van der Waals surface area contributed by atoms with Crippen LogP contribution in [0.2, 0.25) is 0 Å². The van der Waals surface area contributed by atoms with Gasteiger partial charge in [-0.05, 0) is 38.9 Å². The molecule has 4 heteroatoms. The van der Waals surface area contributed by atoms with Crippen LogP contribution < -0.4 is 11.1 Å². The molecule has 1 amide bonds. The highest BCUT2D eigenvalue weighted by atomic mass is 32.2. The van der Waals surface area contributed by atoms with E-state index in [1.165, 1.54) is 12.8 Å². The van der Waals surface area contributed by atoms with E-state index in [-0.39, 0.29) is 11.9 Å². The topological polar surface area (TPSA) is 55.1 Å². The largest absolute Gasteiger partial charge is 0.352 e. The molecule has 0 saturated heterocycles. The zero-order valence-corrected chi connectivity index (χ0v) is 9.77. The summed E-state index contributed by atoms with van der Waals surface area (Å²) in [5.74, 6) is -0.0161. The Morgan fingerprint density at radius 3 is 2.43 bits per heavy atom. The number of amides is 1.